The maximum Gasteiger partial charge on any atom is 0.266 e. The molecule has 26 heavy (non-hydrogen) atoms. The van der Waals surface area contributed by atoms with Crippen LogP contribution in [-0.2, 0) is 14.8 Å². The second-order valence-corrected chi connectivity index (χ2v) is 7.81. The summed E-state index contributed by atoms with van der Waals surface area (Å²) < 4.78 is 28.1. The summed E-state index contributed by atoms with van der Waals surface area (Å²) in [6, 6.07) is 10.8. The number of amides is 1. The van der Waals surface area contributed by atoms with E-state index in [1.807, 2.05) is 12.1 Å². The van der Waals surface area contributed by atoms with Crippen molar-refractivity contribution in [3.05, 3.63) is 53.5 Å². The summed E-state index contributed by atoms with van der Waals surface area (Å²) in [4.78, 5) is 12.2. The fourth-order valence-corrected chi connectivity index (χ4v) is 3.10. The highest BCUT2D eigenvalue weighted by atomic mass is 32.2. The van der Waals surface area contributed by atoms with Gasteiger partial charge in [0.25, 0.3) is 5.91 Å². The number of nitriles is 1. The third-order valence-electron chi connectivity index (χ3n) is 4.21. The number of benzene rings is 1. The lowest BCUT2D eigenvalue weighted by Crippen LogP contribution is -2.14. The number of furan rings is 1. The van der Waals surface area contributed by atoms with E-state index >= 15 is 0 Å². The van der Waals surface area contributed by atoms with Crippen LogP contribution in [0.15, 0.2) is 51.3 Å². The second kappa shape index (κ2) is 6.78. The summed E-state index contributed by atoms with van der Waals surface area (Å²) in [6.45, 7) is 2.14. The van der Waals surface area contributed by atoms with Crippen molar-refractivity contribution in [2.45, 2.75) is 24.2 Å². The molecule has 0 spiro atoms. The first kappa shape index (κ1) is 17.9. The molecule has 8 heteroatoms. The average Bonchev–Trinajstić information content (AvgIpc) is 3.14. The normalized spacial score (nSPS) is 19.7. The predicted octanol–water partition coefficient (Wildman–Crippen LogP) is 2.60. The molecule has 1 aromatic carbocycles. The molecule has 0 aliphatic heterocycles. The van der Waals surface area contributed by atoms with Crippen LogP contribution in [0.25, 0.3) is 6.08 Å². The molecule has 1 fully saturated rings. The van der Waals surface area contributed by atoms with Crippen LogP contribution in [0.3, 0.4) is 0 Å². The number of carbonyl (C=O) groups excluding carboxylic acids is 1. The lowest BCUT2D eigenvalue weighted by atomic mass is 10.2. The molecule has 0 bridgehead atoms. The summed E-state index contributed by atoms with van der Waals surface area (Å²) in [7, 11) is -3.80. The molecule has 1 aromatic heterocycles. The van der Waals surface area contributed by atoms with Crippen molar-refractivity contribution in [1.29, 1.82) is 5.26 Å². The fraction of sp³-hybridized carbons (Fsp3) is 0.222. The zero-order valence-electron chi connectivity index (χ0n) is 14.0. The summed E-state index contributed by atoms with van der Waals surface area (Å²) in [5.74, 6) is 1.69. The molecule has 134 valence electrons. The van der Waals surface area contributed by atoms with Gasteiger partial charge in [-0.1, -0.05) is 6.92 Å². The summed E-state index contributed by atoms with van der Waals surface area (Å²) in [6.07, 6.45) is 2.46. The van der Waals surface area contributed by atoms with E-state index in [0.29, 0.717) is 23.3 Å². The standard InChI is InChI=1S/C18H17N3O4S/c1-11-8-16(11)17-7-4-14(25-17)9-12(10-19)18(22)21-13-2-5-15(6-3-13)26(20,23)24/h2-7,9,11,16H,8H2,1H3,(H,21,22)(H2,20,23,24)/b12-9+/t11-,16-/m0/s1. The lowest BCUT2D eigenvalue weighted by Gasteiger charge is -2.05. The molecule has 0 saturated heterocycles. The van der Waals surface area contributed by atoms with Crippen molar-refractivity contribution >= 4 is 27.7 Å². The van der Waals surface area contributed by atoms with Gasteiger partial charge in [0.1, 0.15) is 23.2 Å². The predicted molar refractivity (Wildman–Crippen MR) is 95.3 cm³/mol. The molecule has 3 rings (SSSR count). The van der Waals surface area contributed by atoms with E-state index in [2.05, 4.69) is 12.2 Å². The minimum atomic E-state index is -3.80. The second-order valence-electron chi connectivity index (χ2n) is 6.25. The molecule has 1 aliphatic carbocycles. The molecule has 1 saturated carbocycles. The van der Waals surface area contributed by atoms with Crippen LogP contribution < -0.4 is 10.5 Å². The third-order valence-corrected chi connectivity index (χ3v) is 5.14. The van der Waals surface area contributed by atoms with Gasteiger partial charge in [-0.25, -0.2) is 13.6 Å². The molecule has 0 unspecified atom stereocenters. The van der Waals surface area contributed by atoms with E-state index in [-0.39, 0.29) is 10.5 Å². The first-order chi connectivity index (χ1) is 12.3. The van der Waals surface area contributed by atoms with Crippen molar-refractivity contribution in [2.75, 3.05) is 5.32 Å². The van der Waals surface area contributed by atoms with E-state index < -0.39 is 15.9 Å². The van der Waals surface area contributed by atoms with Crippen LogP contribution in [0.4, 0.5) is 5.69 Å². The molecule has 1 heterocycles. The Labute approximate surface area is 151 Å². The maximum absolute atomic E-state index is 12.2. The Kier molecular flexibility index (Phi) is 4.68. The van der Waals surface area contributed by atoms with Gasteiger partial charge < -0.3 is 9.73 Å². The monoisotopic (exact) mass is 371 g/mol. The van der Waals surface area contributed by atoms with Crippen molar-refractivity contribution < 1.29 is 17.6 Å². The number of nitrogens with two attached hydrogens (primary N) is 1. The largest absolute Gasteiger partial charge is 0.461 e. The highest BCUT2D eigenvalue weighted by Gasteiger charge is 2.36. The van der Waals surface area contributed by atoms with Gasteiger partial charge in [0.2, 0.25) is 10.0 Å². The van der Waals surface area contributed by atoms with Crippen molar-refractivity contribution in [3.8, 4) is 6.07 Å². The highest BCUT2D eigenvalue weighted by Crippen LogP contribution is 2.47. The van der Waals surface area contributed by atoms with Gasteiger partial charge in [-0.2, -0.15) is 5.26 Å². The zero-order valence-corrected chi connectivity index (χ0v) is 14.8. The van der Waals surface area contributed by atoms with Gasteiger partial charge in [-0.3, -0.25) is 4.79 Å². The SMILES string of the molecule is C[C@H]1C[C@@H]1c1ccc(/C=C(\C#N)C(=O)Nc2ccc(S(N)(=O)=O)cc2)o1. The summed E-state index contributed by atoms with van der Waals surface area (Å²) in [5.41, 5.74) is 0.223. The van der Waals surface area contributed by atoms with E-state index in [1.165, 1.54) is 30.3 Å². The van der Waals surface area contributed by atoms with Crippen LogP contribution in [0.1, 0.15) is 30.8 Å². The Hall–Kier alpha value is -2.89. The molecule has 0 radical (unpaired) electrons. The number of sulfonamides is 1. The van der Waals surface area contributed by atoms with Crippen LogP contribution >= 0.6 is 0 Å². The fourth-order valence-electron chi connectivity index (χ4n) is 2.58. The topological polar surface area (TPSA) is 126 Å². The summed E-state index contributed by atoms with van der Waals surface area (Å²) in [5, 5.41) is 16.8. The van der Waals surface area contributed by atoms with Gasteiger partial charge >= 0.3 is 0 Å². The smallest absolute Gasteiger partial charge is 0.266 e. The third kappa shape index (κ3) is 4.02. The van der Waals surface area contributed by atoms with E-state index in [1.54, 1.807) is 6.07 Å². The Bertz CT molecular complexity index is 1010. The minimum absolute atomic E-state index is 0.0658. The van der Waals surface area contributed by atoms with Crippen molar-refractivity contribution in [1.82, 2.24) is 0 Å². The van der Waals surface area contributed by atoms with E-state index in [4.69, 9.17) is 9.56 Å². The molecule has 1 amide bonds. The highest BCUT2D eigenvalue weighted by molar-refractivity contribution is 7.89. The summed E-state index contributed by atoms with van der Waals surface area (Å²) >= 11 is 0. The minimum Gasteiger partial charge on any atom is -0.461 e. The van der Waals surface area contributed by atoms with Crippen molar-refractivity contribution in [2.24, 2.45) is 11.1 Å². The van der Waals surface area contributed by atoms with E-state index in [0.717, 1.165) is 12.2 Å². The van der Waals surface area contributed by atoms with Gasteiger partial charge in [-0.05, 0) is 48.7 Å². The van der Waals surface area contributed by atoms with Crippen LogP contribution in [0.2, 0.25) is 0 Å². The Morgan fingerprint density at radius 1 is 1.31 bits per heavy atom. The first-order valence-electron chi connectivity index (χ1n) is 7.93. The molecule has 1 aliphatic rings. The number of anilines is 1. The number of nitrogens with one attached hydrogen (secondary N) is 1. The first-order valence-corrected chi connectivity index (χ1v) is 9.48. The molecular weight excluding hydrogens is 354 g/mol. The molecule has 2 atom stereocenters. The van der Waals surface area contributed by atoms with Gasteiger partial charge in [0.15, 0.2) is 0 Å². The number of hydrogen-bond acceptors (Lipinski definition) is 5. The quantitative estimate of drug-likeness (QED) is 0.617. The van der Waals surface area contributed by atoms with Crippen LogP contribution in [0, 0.1) is 17.2 Å². The van der Waals surface area contributed by atoms with Crippen LogP contribution in [-0.4, -0.2) is 14.3 Å². The van der Waals surface area contributed by atoms with Crippen LogP contribution in [0.5, 0.6) is 0 Å². The van der Waals surface area contributed by atoms with Crippen molar-refractivity contribution in [3.63, 3.8) is 0 Å². The molecular formula is C18H17N3O4S. The number of primary sulfonamides is 1. The number of rotatable bonds is 5. The molecule has 3 N–H and O–H groups in total. The van der Waals surface area contributed by atoms with E-state index in [9.17, 15) is 18.5 Å². The van der Waals surface area contributed by atoms with Gasteiger partial charge in [-0.15, -0.1) is 0 Å². The maximum atomic E-state index is 12.2. The molecule has 2 aromatic rings. The Morgan fingerprint density at radius 2 is 1.96 bits per heavy atom. The van der Waals surface area contributed by atoms with Gasteiger partial charge in [0, 0.05) is 17.7 Å². The number of nitrogens with zero attached hydrogens (tertiary/aromatic N) is 1. The number of hydrogen-bond donors (Lipinski definition) is 2. The Morgan fingerprint density at radius 3 is 2.50 bits per heavy atom. The Balaban J connectivity index is 1.72. The number of carbonyl (C=O) groups is 1. The zero-order chi connectivity index (χ0) is 18.9. The average molecular weight is 371 g/mol. The van der Waals surface area contributed by atoms with Gasteiger partial charge in [0.05, 0.1) is 4.90 Å². The lowest BCUT2D eigenvalue weighted by molar-refractivity contribution is -0.112. The molecule has 7 nitrogen and oxygen atoms in total.